The van der Waals surface area contributed by atoms with E-state index in [1.54, 1.807) is 31.2 Å². The second kappa shape index (κ2) is 11.0. The molecule has 0 aliphatic carbocycles. The summed E-state index contributed by atoms with van der Waals surface area (Å²) in [5, 5.41) is 45.2. The molecule has 1 fully saturated rings. The Balaban J connectivity index is 1.70. The highest BCUT2D eigenvalue weighted by Gasteiger charge is 2.48. The van der Waals surface area contributed by atoms with E-state index in [4.69, 9.17) is 4.74 Å². The molecule has 0 spiro atoms. The molecule has 4 rings (SSSR count). The first kappa shape index (κ1) is 25.5. The summed E-state index contributed by atoms with van der Waals surface area (Å²) in [6, 6.07) is 8.93. The Morgan fingerprint density at radius 2 is 1.94 bits per heavy atom. The van der Waals surface area contributed by atoms with E-state index in [2.05, 4.69) is 32.1 Å². The quantitative estimate of drug-likeness (QED) is 0.160. The van der Waals surface area contributed by atoms with E-state index in [9.17, 15) is 25.2 Å². The van der Waals surface area contributed by atoms with E-state index in [1.807, 2.05) is 13.0 Å². The first-order valence-corrected chi connectivity index (χ1v) is 11.5. The van der Waals surface area contributed by atoms with Gasteiger partial charge in [0.25, 0.3) is 0 Å². The molecule has 190 valence electrons. The first-order chi connectivity index (χ1) is 17.4. The number of nitrogens with one attached hydrogen (secondary N) is 1. The number of likely N-dealkylation sites (N-methyl/N-ethyl adjacent to an activating group) is 1. The van der Waals surface area contributed by atoms with Crippen molar-refractivity contribution in [2.45, 2.75) is 50.7 Å². The van der Waals surface area contributed by atoms with Crippen LogP contribution in [0.5, 0.6) is 0 Å². The second-order valence-corrected chi connectivity index (χ2v) is 8.15. The summed E-state index contributed by atoms with van der Waals surface area (Å²) < 4.78 is 7.21. The monoisotopic (exact) mass is 496 g/mol. The average Bonchev–Trinajstić information content (AvgIpc) is 3.44. The SMILES string of the molecule is CCNc1nc(C#C[C@@H](O)c2ccccc2)nc2c1ncn2[C@@H]1O[C@H](C(O)N(C=O)CC)[C@@H](O)[C@H]1O. The lowest BCUT2D eigenvalue weighted by Gasteiger charge is -2.28. The van der Waals surface area contributed by atoms with E-state index in [-0.39, 0.29) is 18.0 Å². The van der Waals surface area contributed by atoms with Crippen molar-refractivity contribution in [2.75, 3.05) is 18.4 Å². The van der Waals surface area contributed by atoms with Crippen LogP contribution in [0.15, 0.2) is 36.7 Å². The summed E-state index contributed by atoms with van der Waals surface area (Å²) in [5.41, 5.74) is 1.26. The van der Waals surface area contributed by atoms with Gasteiger partial charge in [0, 0.05) is 13.1 Å². The Labute approximate surface area is 207 Å². The minimum atomic E-state index is -1.48. The van der Waals surface area contributed by atoms with Crippen LogP contribution >= 0.6 is 0 Å². The highest BCUT2D eigenvalue weighted by atomic mass is 16.6. The summed E-state index contributed by atoms with van der Waals surface area (Å²) >= 11 is 0. The number of aromatic nitrogens is 4. The maximum absolute atomic E-state index is 11.2. The molecular formula is C24H28N6O6. The molecule has 6 atom stereocenters. The number of carbonyl (C=O) groups is 1. The predicted molar refractivity (Wildman–Crippen MR) is 128 cm³/mol. The van der Waals surface area contributed by atoms with Crippen molar-refractivity contribution in [1.29, 1.82) is 0 Å². The van der Waals surface area contributed by atoms with Gasteiger partial charge < -0.3 is 35.4 Å². The van der Waals surface area contributed by atoms with E-state index >= 15 is 0 Å². The molecule has 1 aliphatic rings. The number of hydrogen-bond acceptors (Lipinski definition) is 10. The van der Waals surface area contributed by atoms with Crippen LogP contribution < -0.4 is 5.32 Å². The van der Waals surface area contributed by atoms with E-state index < -0.39 is 36.9 Å². The molecule has 0 radical (unpaired) electrons. The van der Waals surface area contributed by atoms with Gasteiger partial charge in [0.05, 0.1) is 6.33 Å². The molecule has 1 unspecified atom stereocenters. The van der Waals surface area contributed by atoms with Gasteiger partial charge in [0.1, 0.15) is 24.4 Å². The first-order valence-electron chi connectivity index (χ1n) is 11.5. The summed E-state index contributed by atoms with van der Waals surface area (Å²) in [4.78, 5) is 25.5. The fraction of sp³-hybridized carbons (Fsp3) is 0.417. The van der Waals surface area contributed by atoms with Crippen LogP contribution in [-0.2, 0) is 9.53 Å². The third-order valence-electron chi connectivity index (χ3n) is 5.89. The Morgan fingerprint density at radius 3 is 2.61 bits per heavy atom. The van der Waals surface area contributed by atoms with Crippen molar-refractivity contribution in [2.24, 2.45) is 0 Å². The molecule has 3 aromatic rings. The third kappa shape index (κ3) is 4.88. The molecule has 12 heteroatoms. The number of benzene rings is 1. The number of ether oxygens (including phenoxy) is 1. The summed E-state index contributed by atoms with van der Waals surface area (Å²) in [6.45, 7) is 4.26. The molecule has 0 saturated carbocycles. The number of imidazole rings is 1. The number of aliphatic hydroxyl groups excluding tert-OH is 4. The molecule has 1 aromatic carbocycles. The maximum Gasteiger partial charge on any atom is 0.211 e. The van der Waals surface area contributed by atoms with Gasteiger partial charge in [0.15, 0.2) is 29.4 Å². The lowest BCUT2D eigenvalue weighted by Crippen LogP contribution is -2.48. The number of aliphatic hydroxyl groups is 4. The van der Waals surface area contributed by atoms with Crippen LogP contribution in [0.25, 0.3) is 11.2 Å². The van der Waals surface area contributed by atoms with Crippen LogP contribution in [-0.4, -0.2) is 88.9 Å². The molecule has 12 nitrogen and oxygen atoms in total. The van der Waals surface area contributed by atoms with Gasteiger partial charge >= 0.3 is 0 Å². The van der Waals surface area contributed by atoms with Gasteiger partial charge in [-0.15, -0.1) is 0 Å². The molecule has 5 N–H and O–H groups in total. The minimum absolute atomic E-state index is 0.0953. The van der Waals surface area contributed by atoms with Gasteiger partial charge in [-0.1, -0.05) is 36.3 Å². The van der Waals surface area contributed by atoms with Crippen molar-refractivity contribution >= 4 is 23.4 Å². The van der Waals surface area contributed by atoms with E-state index in [0.717, 1.165) is 4.90 Å². The van der Waals surface area contributed by atoms with Gasteiger partial charge in [-0.25, -0.2) is 15.0 Å². The number of fused-ring (bicyclic) bond motifs is 1. The predicted octanol–water partition coefficient (Wildman–Crippen LogP) is -0.241. The zero-order valence-corrected chi connectivity index (χ0v) is 19.8. The van der Waals surface area contributed by atoms with Crippen molar-refractivity contribution in [3.63, 3.8) is 0 Å². The smallest absolute Gasteiger partial charge is 0.211 e. The van der Waals surface area contributed by atoms with Crippen LogP contribution in [0.2, 0.25) is 0 Å². The van der Waals surface area contributed by atoms with Crippen LogP contribution in [0.3, 0.4) is 0 Å². The fourth-order valence-corrected chi connectivity index (χ4v) is 3.98. The number of anilines is 1. The fourth-order valence-electron chi connectivity index (χ4n) is 3.98. The zero-order valence-electron chi connectivity index (χ0n) is 19.8. The van der Waals surface area contributed by atoms with Crippen molar-refractivity contribution in [1.82, 2.24) is 24.4 Å². The second-order valence-electron chi connectivity index (χ2n) is 8.15. The lowest BCUT2D eigenvalue weighted by molar-refractivity contribution is -0.152. The molecule has 0 bridgehead atoms. The van der Waals surface area contributed by atoms with E-state index in [1.165, 1.54) is 10.9 Å². The van der Waals surface area contributed by atoms with E-state index in [0.29, 0.717) is 29.9 Å². The van der Waals surface area contributed by atoms with Crippen LogP contribution in [0.4, 0.5) is 5.82 Å². The summed E-state index contributed by atoms with van der Waals surface area (Å²) in [7, 11) is 0. The number of amides is 1. The normalized spacial score (nSPS) is 23.1. The zero-order chi connectivity index (χ0) is 25.8. The Bertz CT molecular complexity index is 1260. The highest BCUT2D eigenvalue weighted by Crippen LogP contribution is 2.34. The molecule has 1 aliphatic heterocycles. The van der Waals surface area contributed by atoms with Crippen LogP contribution in [0, 0.1) is 11.8 Å². The van der Waals surface area contributed by atoms with Crippen LogP contribution in [0.1, 0.15) is 37.6 Å². The summed E-state index contributed by atoms with van der Waals surface area (Å²) in [6.07, 6.45) is -6.04. The lowest BCUT2D eigenvalue weighted by atomic mass is 10.1. The molecule has 1 amide bonds. The third-order valence-corrected chi connectivity index (χ3v) is 5.89. The largest absolute Gasteiger partial charge is 0.387 e. The standard InChI is InChI=1S/C24H28N6O6/c1-3-25-21-17-22(28-16(27-21)11-10-15(32)14-8-6-5-7-9-14)30(12-26-17)24-19(34)18(33)20(36-24)23(35)29(4-2)13-31/h5-9,12-13,15,18-20,23-24,32-35H,3-4H2,1-2H3,(H,25,27,28)/t15-,18+,19-,20+,23?,24-/m1/s1. The topological polar surface area (TPSA) is 166 Å². The van der Waals surface area contributed by atoms with Gasteiger partial charge in [0.2, 0.25) is 12.2 Å². The minimum Gasteiger partial charge on any atom is -0.387 e. The van der Waals surface area contributed by atoms with Crippen molar-refractivity contribution in [3.8, 4) is 11.8 Å². The molecule has 36 heavy (non-hydrogen) atoms. The molecule has 1 saturated heterocycles. The van der Waals surface area contributed by atoms with Gasteiger partial charge in [-0.3, -0.25) is 9.36 Å². The highest BCUT2D eigenvalue weighted by molar-refractivity contribution is 5.83. The molecule has 3 heterocycles. The number of nitrogens with zero attached hydrogens (tertiary/aromatic N) is 5. The van der Waals surface area contributed by atoms with Gasteiger partial charge in [-0.05, 0) is 25.3 Å². The number of hydrogen-bond donors (Lipinski definition) is 5. The summed E-state index contributed by atoms with van der Waals surface area (Å²) in [5.74, 6) is 5.99. The Morgan fingerprint density at radius 1 is 1.19 bits per heavy atom. The molecular weight excluding hydrogens is 468 g/mol. The average molecular weight is 497 g/mol. The maximum atomic E-state index is 11.2. The van der Waals surface area contributed by atoms with Crippen molar-refractivity contribution in [3.05, 3.63) is 48.0 Å². The molecule has 2 aromatic heterocycles. The van der Waals surface area contributed by atoms with Crippen molar-refractivity contribution < 1.29 is 30.0 Å². The van der Waals surface area contributed by atoms with Gasteiger partial charge in [-0.2, -0.15) is 0 Å². The Kier molecular flexibility index (Phi) is 7.78. The number of carbonyl (C=O) groups excluding carboxylic acids is 1. The Hall–Kier alpha value is -3.60. The number of rotatable bonds is 8.